The van der Waals surface area contributed by atoms with Gasteiger partial charge in [0.1, 0.15) is 11.4 Å². The summed E-state index contributed by atoms with van der Waals surface area (Å²) in [4.78, 5) is 11.6. The molecule has 98 valence electrons. The summed E-state index contributed by atoms with van der Waals surface area (Å²) in [5, 5.41) is 6.68. The molecule has 0 saturated carbocycles. The highest BCUT2D eigenvalue weighted by Gasteiger charge is 2.14. The summed E-state index contributed by atoms with van der Waals surface area (Å²) in [6.45, 7) is 5.64. The second-order valence-corrected chi connectivity index (χ2v) is 3.98. The molecule has 0 saturated heterocycles. The molecule has 1 atom stereocenters. The van der Waals surface area contributed by atoms with E-state index in [2.05, 4.69) is 10.5 Å². The number of aromatic nitrogens is 1. The lowest BCUT2D eigenvalue weighted by atomic mass is 10.2. The molecular formula is C11H20ClN3O2. The van der Waals surface area contributed by atoms with Crippen LogP contribution in [0.2, 0.25) is 0 Å². The second kappa shape index (κ2) is 7.29. The molecule has 0 aliphatic heterocycles. The molecule has 0 aromatic carbocycles. The highest BCUT2D eigenvalue weighted by molar-refractivity contribution is 5.91. The Labute approximate surface area is 108 Å². The van der Waals surface area contributed by atoms with Crippen LogP contribution in [0.15, 0.2) is 4.52 Å². The van der Waals surface area contributed by atoms with Crippen LogP contribution in [0.4, 0.5) is 5.69 Å². The summed E-state index contributed by atoms with van der Waals surface area (Å²) < 4.78 is 5.02. The molecule has 1 rings (SSSR count). The van der Waals surface area contributed by atoms with Crippen LogP contribution in [0.5, 0.6) is 0 Å². The standard InChI is InChI=1S/C11H19N3O2.ClH/c1-4-9-11(8(3)16-14-9)13-10(15)6-5-7(2)12;/h7H,4-6,12H2,1-3H3,(H,13,15);1H. The van der Waals surface area contributed by atoms with Crippen LogP contribution < -0.4 is 11.1 Å². The number of hydrogen-bond acceptors (Lipinski definition) is 4. The van der Waals surface area contributed by atoms with E-state index in [9.17, 15) is 4.79 Å². The third-order valence-corrected chi connectivity index (χ3v) is 2.36. The third-order valence-electron chi connectivity index (χ3n) is 2.36. The van der Waals surface area contributed by atoms with Gasteiger partial charge in [-0.25, -0.2) is 0 Å². The summed E-state index contributed by atoms with van der Waals surface area (Å²) in [5.41, 5.74) is 7.08. The second-order valence-electron chi connectivity index (χ2n) is 3.98. The molecular weight excluding hydrogens is 242 g/mol. The van der Waals surface area contributed by atoms with Crippen molar-refractivity contribution >= 4 is 24.0 Å². The van der Waals surface area contributed by atoms with Crippen LogP contribution in [0.25, 0.3) is 0 Å². The number of aryl methyl sites for hydroxylation is 2. The Morgan fingerprint density at radius 2 is 2.24 bits per heavy atom. The van der Waals surface area contributed by atoms with Crippen molar-refractivity contribution in [3.63, 3.8) is 0 Å². The van der Waals surface area contributed by atoms with E-state index < -0.39 is 0 Å². The summed E-state index contributed by atoms with van der Waals surface area (Å²) in [7, 11) is 0. The number of amides is 1. The van der Waals surface area contributed by atoms with Crippen molar-refractivity contribution in [2.24, 2.45) is 5.73 Å². The van der Waals surface area contributed by atoms with Gasteiger partial charge in [-0.1, -0.05) is 12.1 Å². The maximum atomic E-state index is 11.6. The van der Waals surface area contributed by atoms with Crippen molar-refractivity contribution < 1.29 is 9.32 Å². The minimum Gasteiger partial charge on any atom is -0.359 e. The number of anilines is 1. The van der Waals surface area contributed by atoms with Gasteiger partial charge in [-0.3, -0.25) is 4.79 Å². The van der Waals surface area contributed by atoms with E-state index >= 15 is 0 Å². The van der Waals surface area contributed by atoms with Crippen LogP contribution in [0.1, 0.15) is 38.1 Å². The Balaban J connectivity index is 0.00000256. The number of carbonyl (C=O) groups is 1. The first-order valence-corrected chi connectivity index (χ1v) is 5.55. The van der Waals surface area contributed by atoms with Gasteiger partial charge in [0.25, 0.3) is 0 Å². The van der Waals surface area contributed by atoms with Crippen molar-refractivity contribution in [3.8, 4) is 0 Å². The van der Waals surface area contributed by atoms with E-state index in [-0.39, 0.29) is 24.4 Å². The number of nitrogens with one attached hydrogen (secondary N) is 1. The number of nitrogens with zero attached hydrogens (tertiary/aromatic N) is 1. The van der Waals surface area contributed by atoms with Crippen LogP contribution in [0.3, 0.4) is 0 Å². The van der Waals surface area contributed by atoms with Gasteiger partial charge < -0.3 is 15.6 Å². The van der Waals surface area contributed by atoms with Crippen LogP contribution >= 0.6 is 12.4 Å². The summed E-state index contributed by atoms with van der Waals surface area (Å²) in [5.74, 6) is 0.601. The average molecular weight is 262 g/mol. The number of carbonyl (C=O) groups excluding carboxylic acids is 1. The normalized spacial score (nSPS) is 11.8. The zero-order valence-electron chi connectivity index (χ0n) is 10.4. The lowest BCUT2D eigenvalue weighted by Gasteiger charge is -2.06. The lowest BCUT2D eigenvalue weighted by molar-refractivity contribution is -0.116. The van der Waals surface area contributed by atoms with Crippen LogP contribution in [0, 0.1) is 6.92 Å². The molecule has 0 fully saturated rings. The molecule has 1 heterocycles. The predicted molar refractivity (Wildman–Crippen MR) is 69.4 cm³/mol. The smallest absolute Gasteiger partial charge is 0.224 e. The quantitative estimate of drug-likeness (QED) is 0.850. The number of rotatable bonds is 5. The molecule has 0 radical (unpaired) electrons. The first-order chi connectivity index (χ1) is 7.54. The predicted octanol–water partition coefficient (Wildman–Crippen LogP) is 2.03. The van der Waals surface area contributed by atoms with E-state index in [0.29, 0.717) is 24.3 Å². The SMILES string of the molecule is CCc1noc(C)c1NC(=O)CCC(C)N.Cl. The van der Waals surface area contributed by atoms with Gasteiger partial charge in [-0.05, 0) is 26.7 Å². The monoisotopic (exact) mass is 261 g/mol. The largest absolute Gasteiger partial charge is 0.359 e. The van der Waals surface area contributed by atoms with Crippen molar-refractivity contribution in [1.29, 1.82) is 0 Å². The highest BCUT2D eigenvalue weighted by Crippen LogP contribution is 2.20. The third kappa shape index (κ3) is 4.75. The molecule has 1 aromatic rings. The first-order valence-electron chi connectivity index (χ1n) is 5.55. The number of hydrogen-bond donors (Lipinski definition) is 2. The molecule has 1 aromatic heterocycles. The summed E-state index contributed by atoms with van der Waals surface area (Å²) in [6, 6.07) is 0.0416. The molecule has 0 aliphatic carbocycles. The molecule has 0 bridgehead atoms. The fraction of sp³-hybridized carbons (Fsp3) is 0.636. The fourth-order valence-corrected chi connectivity index (χ4v) is 1.38. The molecule has 5 nitrogen and oxygen atoms in total. The Bertz CT molecular complexity index is 364. The van der Waals surface area contributed by atoms with Crippen LogP contribution in [-0.4, -0.2) is 17.1 Å². The molecule has 3 N–H and O–H groups in total. The van der Waals surface area contributed by atoms with Crippen molar-refractivity contribution in [2.75, 3.05) is 5.32 Å². The molecule has 1 unspecified atom stereocenters. The molecule has 17 heavy (non-hydrogen) atoms. The van der Waals surface area contributed by atoms with Gasteiger partial charge >= 0.3 is 0 Å². The molecule has 0 aliphatic rings. The zero-order chi connectivity index (χ0) is 12.1. The van der Waals surface area contributed by atoms with E-state index in [4.69, 9.17) is 10.3 Å². The molecule has 6 heteroatoms. The fourth-order valence-electron chi connectivity index (χ4n) is 1.38. The Morgan fingerprint density at radius 3 is 2.76 bits per heavy atom. The number of nitrogens with two attached hydrogens (primary N) is 1. The maximum absolute atomic E-state index is 11.6. The van der Waals surface area contributed by atoms with Crippen LogP contribution in [-0.2, 0) is 11.2 Å². The average Bonchev–Trinajstić information content (AvgIpc) is 2.57. The summed E-state index contributed by atoms with van der Waals surface area (Å²) in [6.07, 6.45) is 1.84. The van der Waals surface area contributed by atoms with Crippen molar-refractivity contribution in [3.05, 3.63) is 11.5 Å². The minimum absolute atomic E-state index is 0. The Hall–Kier alpha value is -1.07. The maximum Gasteiger partial charge on any atom is 0.224 e. The molecule has 1 amide bonds. The highest BCUT2D eigenvalue weighted by atomic mass is 35.5. The lowest BCUT2D eigenvalue weighted by Crippen LogP contribution is -2.19. The van der Waals surface area contributed by atoms with Crippen molar-refractivity contribution in [1.82, 2.24) is 5.16 Å². The Kier molecular flexibility index (Phi) is 6.83. The topological polar surface area (TPSA) is 81.2 Å². The van der Waals surface area contributed by atoms with Gasteiger partial charge in [0.2, 0.25) is 5.91 Å². The minimum atomic E-state index is -0.0432. The number of halogens is 1. The molecule has 0 spiro atoms. The Morgan fingerprint density at radius 1 is 1.59 bits per heavy atom. The van der Waals surface area contributed by atoms with E-state index in [1.54, 1.807) is 6.92 Å². The van der Waals surface area contributed by atoms with Gasteiger partial charge in [-0.2, -0.15) is 0 Å². The first kappa shape index (κ1) is 15.9. The van der Waals surface area contributed by atoms with Crippen molar-refractivity contribution in [2.45, 2.75) is 46.1 Å². The van der Waals surface area contributed by atoms with Gasteiger partial charge in [0.15, 0.2) is 5.76 Å². The van der Waals surface area contributed by atoms with Gasteiger partial charge in [0.05, 0.1) is 0 Å². The van der Waals surface area contributed by atoms with Gasteiger partial charge in [-0.15, -0.1) is 12.4 Å². The summed E-state index contributed by atoms with van der Waals surface area (Å²) >= 11 is 0. The van der Waals surface area contributed by atoms with E-state index in [0.717, 1.165) is 12.1 Å². The van der Waals surface area contributed by atoms with E-state index in [1.807, 2.05) is 13.8 Å². The van der Waals surface area contributed by atoms with Gasteiger partial charge in [0, 0.05) is 12.5 Å². The van der Waals surface area contributed by atoms with E-state index in [1.165, 1.54) is 0 Å². The zero-order valence-corrected chi connectivity index (χ0v) is 11.3.